The molecule has 0 bridgehead atoms. The van der Waals surface area contributed by atoms with Crippen molar-refractivity contribution in [2.75, 3.05) is 37.6 Å². The van der Waals surface area contributed by atoms with Crippen LogP contribution in [0.2, 0.25) is 0 Å². The molecule has 1 aromatic rings. The molecule has 1 aromatic carbocycles. The standard InChI is InChI=1S/C25H30N4O5/c30-20-6-5-19(21(31)26-20)29-18-4-2-1-3-17(18)25(22(29)32)14-27(15-25)13-16-11-24(12-16)7-9-28(10-8-24)23(33)34/h1-4,16,19H,5-15H2,(H,33,34)(H,26,30,31). The normalized spacial score (nSPS) is 28.0. The van der Waals surface area contributed by atoms with Crippen LogP contribution in [0.5, 0.6) is 0 Å². The summed E-state index contributed by atoms with van der Waals surface area (Å²) in [5, 5.41) is 11.6. The third-order valence-corrected chi connectivity index (χ3v) is 8.87. The SMILES string of the molecule is O=C1CCC(N2C(=O)C3(CN(CC4CC5(CCN(C(=O)O)CC5)C4)C3)c3ccccc32)C(=O)N1. The topological polar surface area (TPSA) is 110 Å². The Morgan fingerprint density at radius 3 is 2.47 bits per heavy atom. The second kappa shape index (κ2) is 7.53. The van der Waals surface area contributed by atoms with Gasteiger partial charge in [0.25, 0.3) is 0 Å². The molecule has 1 saturated carbocycles. The molecule has 4 heterocycles. The van der Waals surface area contributed by atoms with Crippen molar-refractivity contribution in [1.29, 1.82) is 0 Å². The Morgan fingerprint density at radius 2 is 1.79 bits per heavy atom. The zero-order chi connectivity index (χ0) is 23.7. The van der Waals surface area contributed by atoms with Gasteiger partial charge in [-0.05, 0) is 55.1 Å². The minimum absolute atomic E-state index is 0.0226. The highest BCUT2D eigenvalue weighted by Crippen LogP contribution is 2.54. The summed E-state index contributed by atoms with van der Waals surface area (Å²) in [6.45, 7) is 3.54. The van der Waals surface area contributed by atoms with Gasteiger partial charge in [-0.2, -0.15) is 0 Å². The van der Waals surface area contributed by atoms with Crippen molar-refractivity contribution < 1.29 is 24.3 Å². The molecule has 1 atom stereocenters. The first-order chi connectivity index (χ1) is 16.3. The molecule has 2 spiro atoms. The maximum atomic E-state index is 13.7. The summed E-state index contributed by atoms with van der Waals surface area (Å²) in [7, 11) is 0. The molecule has 6 rings (SSSR count). The van der Waals surface area contributed by atoms with Gasteiger partial charge in [-0.15, -0.1) is 0 Å². The summed E-state index contributed by atoms with van der Waals surface area (Å²) in [6, 6.07) is 7.12. The highest BCUT2D eigenvalue weighted by atomic mass is 16.4. The maximum Gasteiger partial charge on any atom is 0.407 e. The number of nitrogens with zero attached hydrogens (tertiary/aromatic N) is 3. The number of fused-ring (bicyclic) bond motifs is 2. The Morgan fingerprint density at radius 1 is 1.09 bits per heavy atom. The summed E-state index contributed by atoms with van der Waals surface area (Å²) in [5.41, 5.74) is 1.49. The molecule has 1 unspecified atom stereocenters. The van der Waals surface area contributed by atoms with Gasteiger partial charge >= 0.3 is 6.09 Å². The van der Waals surface area contributed by atoms with E-state index in [1.54, 1.807) is 4.90 Å². The van der Waals surface area contributed by atoms with E-state index in [2.05, 4.69) is 10.2 Å². The number of hydrogen-bond donors (Lipinski definition) is 2. The second-order valence-electron chi connectivity index (χ2n) is 11.0. The molecule has 9 nitrogen and oxygen atoms in total. The molecule has 180 valence electrons. The van der Waals surface area contributed by atoms with Crippen LogP contribution in [0.4, 0.5) is 10.5 Å². The molecule has 4 fully saturated rings. The van der Waals surface area contributed by atoms with Crippen LogP contribution < -0.4 is 10.2 Å². The molecule has 4 amide bonds. The van der Waals surface area contributed by atoms with E-state index in [9.17, 15) is 24.3 Å². The maximum absolute atomic E-state index is 13.7. The monoisotopic (exact) mass is 466 g/mol. The van der Waals surface area contributed by atoms with Gasteiger partial charge in [0.15, 0.2) is 0 Å². The molecule has 0 radical (unpaired) electrons. The molecule has 34 heavy (non-hydrogen) atoms. The van der Waals surface area contributed by atoms with E-state index in [0.29, 0.717) is 43.9 Å². The number of anilines is 1. The zero-order valence-electron chi connectivity index (χ0n) is 19.2. The summed E-state index contributed by atoms with van der Waals surface area (Å²) >= 11 is 0. The average molecular weight is 467 g/mol. The first-order valence-corrected chi connectivity index (χ1v) is 12.3. The fourth-order valence-electron chi connectivity index (χ4n) is 7.17. The van der Waals surface area contributed by atoms with Crippen molar-refractivity contribution in [2.45, 2.75) is 50.0 Å². The van der Waals surface area contributed by atoms with E-state index in [4.69, 9.17) is 0 Å². The molecule has 2 N–H and O–H groups in total. The number of imide groups is 1. The van der Waals surface area contributed by atoms with Gasteiger partial charge in [-0.25, -0.2) is 4.79 Å². The first kappa shape index (κ1) is 21.6. The summed E-state index contributed by atoms with van der Waals surface area (Å²) in [5.74, 6) is -0.101. The van der Waals surface area contributed by atoms with E-state index in [1.165, 1.54) is 4.90 Å². The van der Waals surface area contributed by atoms with E-state index in [1.807, 2.05) is 24.3 Å². The largest absolute Gasteiger partial charge is 0.465 e. The fraction of sp³-hybridized carbons (Fsp3) is 0.600. The van der Waals surface area contributed by atoms with Crippen LogP contribution in [0.15, 0.2) is 24.3 Å². The number of likely N-dealkylation sites (tertiary alicyclic amines) is 2. The lowest BCUT2D eigenvalue weighted by Crippen LogP contribution is -2.66. The van der Waals surface area contributed by atoms with Crippen LogP contribution >= 0.6 is 0 Å². The van der Waals surface area contributed by atoms with E-state index >= 15 is 0 Å². The number of benzene rings is 1. The fourth-order valence-corrected chi connectivity index (χ4v) is 7.17. The Labute approximate surface area is 198 Å². The van der Waals surface area contributed by atoms with Crippen LogP contribution in [0.3, 0.4) is 0 Å². The zero-order valence-corrected chi connectivity index (χ0v) is 19.2. The van der Waals surface area contributed by atoms with Gasteiger partial charge in [0.2, 0.25) is 17.7 Å². The minimum atomic E-state index is -0.815. The first-order valence-electron chi connectivity index (χ1n) is 12.3. The second-order valence-corrected chi connectivity index (χ2v) is 11.0. The molecule has 5 aliphatic rings. The van der Waals surface area contributed by atoms with Gasteiger partial charge < -0.3 is 14.9 Å². The number of carboxylic acid groups (broad SMARTS) is 1. The Balaban J connectivity index is 1.10. The van der Waals surface area contributed by atoms with Crippen LogP contribution in [0.25, 0.3) is 0 Å². The van der Waals surface area contributed by atoms with Gasteiger partial charge in [0.05, 0.1) is 0 Å². The van der Waals surface area contributed by atoms with Gasteiger partial charge in [-0.3, -0.25) is 24.6 Å². The Kier molecular flexibility index (Phi) is 4.78. The number of piperidine rings is 2. The van der Waals surface area contributed by atoms with Crippen LogP contribution in [0, 0.1) is 11.3 Å². The highest BCUT2D eigenvalue weighted by Gasteiger charge is 2.60. The van der Waals surface area contributed by atoms with Gasteiger partial charge in [0, 0.05) is 44.8 Å². The molecule has 9 heteroatoms. The van der Waals surface area contributed by atoms with Crippen LogP contribution in [-0.4, -0.2) is 77.5 Å². The predicted octanol–water partition coefficient (Wildman–Crippen LogP) is 1.56. The van der Waals surface area contributed by atoms with Crippen LogP contribution in [-0.2, 0) is 19.8 Å². The van der Waals surface area contributed by atoms with E-state index < -0.39 is 17.6 Å². The molecule has 3 saturated heterocycles. The molecule has 0 aromatic heterocycles. The van der Waals surface area contributed by atoms with Crippen molar-refractivity contribution in [3.8, 4) is 0 Å². The quantitative estimate of drug-likeness (QED) is 0.655. The van der Waals surface area contributed by atoms with Crippen molar-refractivity contribution in [3.63, 3.8) is 0 Å². The lowest BCUT2D eigenvalue weighted by molar-refractivity contribution is -0.138. The molecule has 4 aliphatic heterocycles. The molecular formula is C25H30N4O5. The number of rotatable bonds is 3. The molecule has 1 aliphatic carbocycles. The highest BCUT2D eigenvalue weighted by molar-refractivity contribution is 6.14. The van der Waals surface area contributed by atoms with Crippen molar-refractivity contribution in [3.05, 3.63) is 29.8 Å². The predicted molar refractivity (Wildman–Crippen MR) is 122 cm³/mol. The number of carbonyl (C=O) groups is 4. The number of carbonyl (C=O) groups excluding carboxylic acids is 3. The molecular weight excluding hydrogens is 436 g/mol. The summed E-state index contributed by atoms with van der Waals surface area (Å²) in [6.07, 6.45) is 3.96. The van der Waals surface area contributed by atoms with Crippen molar-refractivity contribution >= 4 is 29.5 Å². The smallest absolute Gasteiger partial charge is 0.407 e. The van der Waals surface area contributed by atoms with E-state index in [0.717, 1.165) is 43.5 Å². The Hall–Kier alpha value is -2.94. The number of amides is 4. The average Bonchev–Trinajstić information content (AvgIpc) is 3.01. The number of para-hydroxylation sites is 1. The van der Waals surface area contributed by atoms with Gasteiger partial charge in [0.1, 0.15) is 11.5 Å². The summed E-state index contributed by atoms with van der Waals surface area (Å²) < 4.78 is 0. The lowest BCUT2D eigenvalue weighted by Gasteiger charge is -2.55. The van der Waals surface area contributed by atoms with Crippen LogP contribution in [0.1, 0.15) is 44.1 Å². The lowest BCUT2D eigenvalue weighted by atomic mass is 9.57. The number of nitrogens with one attached hydrogen (secondary N) is 1. The third kappa shape index (κ3) is 3.16. The minimum Gasteiger partial charge on any atom is -0.465 e. The number of hydrogen-bond acceptors (Lipinski definition) is 5. The summed E-state index contributed by atoms with van der Waals surface area (Å²) in [4.78, 5) is 54.6. The van der Waals surface area contributed by atoms with Crippen molar-refractivity contribution in [2.24, 2.45) is 11.3 Å². The third-order valence-electron chi connectivity index (χ3n) is 8.87. The van der Waals surface area contributed by atoms with E-state index in [-0.39, 0.29) is 24.1 Å². The van der Waals surface area contributed by atoms with Gasteiger partial charge in [-0.1, -0.05) is 18.2 Å². The Bertz CT molecular complexity index is 1060. The van der Waals surface area contributed by atoms with Crippen molar-refractivity contribution in [1.82, 2.24) is 15.1 Å².